The van der Waals surface area contributed by atoms with Crippen LogP contribution >= 0.6 is 11.3 Å². The summed E-state index contributed by atoms with van der Waals surface area (Å²) < 4.78 is 6.40. The van der Waals surface area contributed by atoms with Crippen molar-refractivity contribution in [1.29, 1.82) is 0 Å². The molecule has 3 aromatic rings. The van der Waals surface area contributed by atoms with Gasteiger partial charge in [0, 0.05) is 4.88 Å². The molecular formula is C22H26N4O3S. The minimum atomic E-state index is -0.354. The molecule has 1 atom stereocenters. The van der Waals surface area contributed by atoms with E-state index in [4.69, 9.17) is 4.74 Å². The average Bonchev–Trinajstić information content (AvgIpc) is 3.08. The number of ether oxygens (including phenoxy) is 1. The Kier molecular flexibility index (Phi) is 5.36. The molecule has 0 fully saturated rings. The third-order valence-electron chi connectivity index (χ3n) is 5.84. The van der Waals surface area contributed by atoms with Crippen LogP contribution in [0.5, 0.6) is 5.75 Å². The first kappa shape index (κ1) is 20.5. The molecule has 7 nitrogen and oxygen atoms in total. The van der Waals surface area contributed by atoms with Crippen LogP contribution in [0.1, 0.15) is 37.6 Å². The molecule has 2 heterocycles. The number of carbonyl (C=O) groups excluding carboxylic acids is 1. The van der Waals surface area contributed by atoms with Crippen LogP contribution in [0.25, 0.3) is 10.2 Å². The van der Waals surface area contributed by atoms with Gasteiger partial charge in [-0.1, -0.05) is 38.1 Å². The number of benzene rings is 1. The van der Waals surface area contributed by atoms with Crippen molar-refractivity contribution in [3.63, 3.8) is 0 Å². The lowest BCUT2D eigenvalue weighted by Crippen LogP contribution is -2.31. The molecule has 0 saturated heterocycles. The molecule has 0 spiro atoms. The van der Waals surface area contributed by atoms with Crippen molar-refractivity contribution in [3.8, 4) is 5.75 Å². The molecule has 1 aliphatic rings. The number of methoxy groups -OCH3 is 1. The van der Waals surface area contributed by atoms with Gasteiger partial charge in [-0.3, -0.25) is 9.59 Å². The fraction of sp³-hybridized carbons (Fsp3) is 0.455. The summed E-state index contributed by atoms with van der Waals surface area (Å²) in [5.41, 5.74) is 1.63. The molecule has 158 valence electrons. The van der Waals surface area contributed by atoms with E-state index in [2.05, 4.69) is 36.4 Å². The summed E-state index contributed by atoms with van der Waals surface area (Å²) in [4.78, 5) is 27.5. The van der Waals surface area contributed by atoms with Gasteiger partial charge >= 0.3 is 0 Å². The van der Waals surface area contributed by atoms with E-state index in [1.54, 1.807) is 36.6 Å². The van der Waals surface area contributed by atoms with Crippen molar-refractivity contribution >= 4 is 33.1 Å². The number of amides is 1. The van der Waals surface area contributed by atoms with Crippen molar-refractivity contribution in [1.82, 2.24) is 15.0 Å². The molecule has 0 saturated carbocycles. The van der Waals surface area contributed by atoms with Gasteiger partial charge in [0.25, 0.3) is 5.56 Å². The fourth-order valence-corrected chi connectivity index (χ4v) is 5.28. The Morgan fingerprint density at radius 2 is 2.10 bits per heavy atom. The minimum Gasteiger partial charge on any atom is -0.495 e. The number of nitrogens with zero attached hydrogens (tertiary/aromatic N) is 3. The number of rotatable bonds is 4. The first-order valence-corrected chi connectivity index (χ1v) is 10.9. The van der Waals surface area contributed by atoms with Gasteiger partial charge in [-0.2, -0.15) is 0 Å². The Morgan fingerprint density at radius 1 is 1.33 bits per heavy atom. The summed E-state index contributed by atoms with van der Waals surface area (Å²) >= 11 is 1.56. The molecule has 0 bridgehead atoms. The summed E-state index contributed by atoms with van der Waals surface area (Å²) in [6.45, 7) is 6.60. The van der Waals surface area contributed by atoms with Gasteiger partial charge in [0.2, 0.25) is 5.91 Å². The molecule has 0 radical (unpaired) electrons. The molecule has 0 aliphatic heterocycles. The van der Waals surface area contributed by atoms with Crippen LogP contribution in [-0.4, -0.2) is 28.0 Å². The zero-order chi connectivity index (χ0) is 21.5. The van der Waals surface area contributed by atoms with Crippen molar-refractivity contribution < 1.29 is 9.53 Å². The van der Waals surface area contributed by atoms with E-state index >= 15 is 0 Å². The predicted molar refractivity (Wildman–Crippen MR) is 118 cm³/mol. The van der Waals surface area contributed by atoms with E-state index in [9.17, 15) is 9.59 Å². The molecular weight excluding hydrogens is 400 g/mol. The van der Waals surface area contributed by atoms with Crippen LogP contribution in [0.4, 0.5) is 5.69 Å². The van der Waals surface area contributed by atoms with Gasteiger partial charge < -0.3 is 10.1 Å². The van der Waals surface area contributed by atoms with Crippen molar-refractivity contribution in [2.75, 3.05) is 12.4 Å². The first-order valence-electron chi connectivity index (χ1n) is 10.1. The zero-order valence-corrected chi connectivity index (χ0v) is 18.5. The van der Waals surface area contributed by atoms with Gasteiger partial charge in [-0.05, 0) is 48.3 Å². The molecule has 1 amide bonds. The summed E-state index contributed by atoms with van der Waals surface area (Å²) in [5.74, 6) is 0.784. The number of para-hydroxylation sites is 2. The smallest absolute Gasteiger partial charge is 0.279 e. The third-order valence-corrected chi connectivity index (χ3v) is 6.98. The van der Waals surface area contributed by atoms with E-state index in [0.29, 0.717) is 27.6 Å². The fourth-order valence-electron chi connectivity index (χ4n) is 4.04. The zero-order valence-electron chi connectivity index (χ0n) is 17.7. The SMILES string of the molecule is COc1ccccc1NC(=O)Cn1nnc2sc3c(c2c1=O)CC[C@@H](C(C)(C)C)C3. The van der Waals surface area contributed by atoms with Crippen molar-refractivity contribution in [3.05, 3.63) is 45.1 Å². The summed E-state index contributed by atoms with van der Waals surface area (Å²) in [6, 6.07) is 7.13. The maximum absolute atomic E-state index is 13.1. The quantitative estimate of drug-likeness (QED) is 0.688. The average molecular weight is 427 g/mol. The maximum Gasteiger partial charge on any atom is 0.279 e. The maximum atomic E-state index is 13.1. The lowest BCUT2D eigenvalue weighted by molar-refractivity contribution is -0.117. The Bertz CT molecular complexity index is 1160. The number of hydrogen-bond acceptors (Lipinski definition) is 6. The second kappa shape index (κ2) is 7.83. The van der Waals surface area contributed by atoms with Crippen molar-refractivity contribution in [2.24, 2.45) is 11.3 Å². The summed E-state index contributed by atoms with van der Waals surface area (Å²) in [7, 11) is 1.54. The molecule has 2 aromatic heterocycles. The van der Waals surface area contributed by atoms with Gasteiger partial charge in [0.05, 0.1) is 18.2 Å². The molecule has 30 heavy (non-hydrogen) atoms. The van der Waals surface area contributed by atoms with Crippen LogP contribution < -0.4 is 15.6 Å². The Hall–Kier alpha value is -2.74. The molecule has 4 rings (SSSR count). The monoisotopic (exact) mass is 426 g/mol. The minimum absolute atomic E-state index is 0.199. The number of fused-ring (bicyclic) bond motifs is 3. The van der Waals surface area contributed by atoms with E-state index < -0.39 is 0 Å². The first-order chi connectivity index (χ1) is 14.3. The third kappa shape index (κ3) is 3.84. The largest absolute Gasteiger partial charge is 0.495 e. The lowest BCUT2D eigenvalue weighted by Gasteiger charge is -2.33. The number of aromatic nitrogens is 3. The van der Waals surface area contributed by atoms with Crippen LogP contribution in [0.3, 0.4) is 0 Å². The van der Waals surface area contributed by atoms with Gasteiger partial charge in [0.15, 0.2) is 4.83 Å². The van der Waals surface area contributed by atoms with Gasteiger partial charge in [0.1, 0.15) is 12.3 Å². The van der Waals surface area contributed by atoms with E-state index in [1.807, 2.05) is 6.07 Å². The Balaban J connectivity index is 1.60. The summed E-state index contributed by atoms with van der Waals surface area (Å²) in [6.07, 6.45) is 2.89. The summed E-state index contributed by atoms with van der Waals surface area (Å²) in [5, 5.41) is 11.7. The van der Waals surface area contributed by atoms with Crippen LogP contribution in [-0.2, 0) is 24.2 Å². The van der Waals surface area contributed by atoms with Crippen molar-refractivity contribution in [2.45, 2.75) is 46.6 Å². The highest BCUT2D eigenvalue weighted by atomic mass is 32.1. The number of nitrogens with one attached hydrogen (secondary N) is 1. The number of carbonyl (C=O) groups is 1. The number of hydrogen-bond donors (Lipinski definition) is 1. The lowest BCUT2D eigenvalue weighted by atomic mass is 9.72. The second-order valence-electron chi connectivity index (χ2n) is 8.79. The van der Waals surface area contributed by atoms with Gasteiger partial charge in [-0.25, -0.2) is 4.68 Å². The van der Waals surface area contributed by atoms with E-state index in [1.165, 1.54) is 4.88 Å². The predicted octanol–water partition coefficient (Wildman–Crippen LogP) is 3.65. The van der Waals surface area contributed by atoms with Crippen LogP contribution in [0.2, 0.25) is 0 Å². The highest BCUT2D eigenvalue weighted by Gasteiger charge is 2.32. The molecule has 1 aromatic carbocycles. The number of aryl methyl sites for hydroxylation is 1. The topological polar surface area (TPSA) is 86.1 Å². The normalized spacial score (nSPS) is 16.3. The van der Waals surface area contributed by atoms with Crippen LogP contribution in [0, 0.1) is 11.3 Å². The standard InChI is InChI=1S/C22H26N4O3S/c1-22(2,3)13-9-10-14-17(11-13)30-20-19(14)21(28)26(25-24-20)12-18(27)23-15-7-5-6-8-16(15)29-4/h5-8,13H,9-12H2,1-4H3,(H,23,27)/t13-/m1/s1. The van der Waals surface area contributed by atoms with Gasteiger partial charge in [-0.15, -0.1) is 16.4 Å². The molecule has 0 unspecified atom stereocenters. The molecule has 1 aliphatic carbocycles. The van der Waals surface area contributed by atoms with E-state index in [0.717, 1.165) is 29.5 Å². The molecule has 8 heteroatoms. The molecule has 1 N–H and O–H groups in total. The van der Waals surface area contributed by atoms with E-state index in [-0.39, 0.29) is 23.4 Å². The Morgan fingerprint density at radius 3 is 2.83 bits per heavy atom. The number of anilines is 1. The highest BCUT2D eigenvalue weighted by Crippen LogP contribution is 2.41. The van der Waals surface area contributed by atoms with Crippen LogP contribution in [0.15, 0.2) is 29.1 Å². The number of thiophene rings is 1. The highest BCUT2D eigenvalue weighted by molar-refractivity contribution is 7.18. The Labute approximate surface area is 179 Å². The second-order valence-corrected chi connectivity index (χ2v) is 9.87.